The first-order valence-corrected chi connectivity index (χ1v) is 22.0. The highest BCUT2D eigenvalue weighted by atomic mass is 16.6. The van der Waals surface area contributed by atoms with Gasteiger partial charge >= 0.3 is 24.0 Å². The van der Waals surface area contributed by atoms with Gasteiger partial charge in [-0.15, -0.1) is 0 Å². The van der Waals surface area contributed by atoms with E-state index in [4.69, 9.17) is 14.5 Å². The molecule has 63 heavy (non-hydrogen) atoms. The van der Waals surface area contributed by atoms with Gasteiger partial charge in [-0.1, -0.05) is 45.6 Å². The standard InChI is InChI=1S/C46H55N5O12/c1-3-30-31-25-29(15-16-35(31)47-39-32(30)27-51-36(39)26-34-33(40(51)54)28-62-43(59)46(34,61)4-2)63-44(60)50-23-21-49(22-24-50)38(53)14-12-10-8-6-5-7-9-11-13-37(52)48-19-17-45(18-20-48,41(55)56)42(57)58/h11,13,15-16,25-26,61H,3-10,12,14,17-24,27-28H2,1-2H3,(H,55,56)(H,57,58)/b13-11+/t46-/m0/s1. The van der Waals surface area contributed by atoms with Crippen LogP contribution in [0.1, 0.15) is 107 Å². The number of ether oxygens (including phenoxy) is 2. The summed E-state index contributed by atoms with van der Waals surface area (Å²) in [6.45, 7) is 5.45. The van der Waals surface area contributed by atoms with Crippen LogP contribution in [0.15, 0.2) is 41.2 Å². The van der Waals surface area contributed by atoms with Crippen LogP contribution >= 0.6 is 0 Å². The van der Waals surface area contributed by atoms with E-state index in [-0.39, 0.29) is 74.0 Å². The molecule has 3 N–H and O–H groups in total. The fourth-order valence-electron chi connectivity index (χ4n) is 9.23. The van der Waals surface area contributed by atoms with Crippen molar-refractivity contribution < 1.29 is 53.6 Å². The Morgan fingerprint density at radius 1 is 0.841 bits per heavy atom. The average Bonchev–Trinajstić information content (AvgIpc) is 3.65. The SMILES string of the molecule is CCc1c2c(nc3ccc(OC(=O)N4CCN(C(=O)CCCCCCCC/C=C/C(=O)N5CCC(C(=O)O)(C(=O)O)CC5)CC4)cc13)-c1cc3c(c(=O)n1C2)COC(=O)[C@]3(O)CC. The smallest absolute Gasteiger partial charge is 0.415 e. The van der Waals surface area contributed by atoms with Gasteiger partial charge in [-0.3, -0.25) is 24.0 Å². The third-order valence-corrected chi connectivity index (χ3v) is 13.2. The van der Waals surface area contributed by atoms with E-state index in [1.54, 1.807) is 51.6 Å². The number of unbranched alkanes of at least 4 members (excludes halogenated alkanes) is 6. The molecule has 2 saturated heterocycles. The number of aliphatic hydroxyl groups is 1. The van der Waals surface area contributed by atoms with Crippen molar-refractivity contribution in [1.29, 1.82) is 0 Å². The molecule has 0 unspecified atom stereocenters. The summed E-state index contributed by atoms with van der Waals surface area (Å²) in [6, 6.07) is 6.93. The van der Waals surface area contributed by atoms with Gasteiger partial charge in [-0.2, -0.15) is 0 Å². The van der Waals surface area contributed by atoms with E-state index in [0.717, 1.165) is 61.5 Å². The van der Waals surface area contributed by atoms with Crippen molar-refractivity contribution in [1.82, 2.24) is 24.3 Å². The van der Waals surface area contributed by atoms with Crippen LogP contribution in [0.25, 0.3) is 22.3 Å². The van der Waals surface area contributed by atoms with E-state index in [1.165, 1.54) is 11.0 Å². The molecule has 4 aliphatic heterocycles. The minimum absolute atomic E-state index is 0.0540. The Kier molecular flexibility index (Phi) is 13.3. The summed E-state index contributed by atoms with van der Waals surface area (Å²) in [5.74, 6) is -3.32. The first kappa shape index (κ1) is 44.9. The molecule has 3 aromatic rings. The largest absolute Gasteiger partial charge is 0.480 e. The number of carboxylic acid groups (broad SMARTS) is 2. The molecular formula is C46H55N5O12. The molecular weight excluding hydrogens is 815 g/mol. The molecule has 336 valence electrons. The molecule has 4 aliphatic rings. The number of aromatic nitrogens is 2. The van der Waals surface area contributed by atoms with Crippen LogP contribution in [0.3, 0.4) is 0 Å². The Labute approximate surface area is 364 Å². The van der Waals surface area contributed by atoms with Crippen LogP contribution in [-0.2, 0) is 53.9 Å². The maximum absolute atomic E-state index is 13.7. The number of carbonyl (C=O) groups excluding carboxylic acids is 4. The van der Waals surface area contributed by atoms with E-state index in [2.05, 4.69) is 0 Å². The zero-order valence-corrected chi connectivity index (χ0v) is 35.9. The lowest BCUT2D eigenvalue weighted by Crippen LogP contribution is -2.51. The molecule has 17 heteroatoms. The minimum Gasteiger partial charge on any atom is -0.480 e. The number of esters is 1. The monoisotopic (exact) mass is 869 g/mol. The van der Waals surface area contributed by atoms with Gasteiger partial charge in [-0.05, 0) is 80.9 Å². The number of nitrogens with zero attached hydrogens (tertiary/aromatic N) is 5. The van der Waals surface area contributed by atoms with Gasteiger partial charge in [0.05, 0.1) is 29.0 Å². The molecule has 1 aromatic carbocycles. The first-order valence-electron chi connectivity index (χ1n) is 22.0. The number of hydrogen-bond acceptors (Lipinski definition) is 11. The second-order valence-corrected chi connectivity index (χ2v) is 16.9. The Balaban J connectivity index is 0.823. The van der Waals surface area contributed by atoms with Crippen LogP contribution < -0.4 is 10.3 Å². The molecule has 2 aromatic heterocycles. The Morgan fingerprint density at radius 3 is 2.17 bits per heavy atom. The summed E-state index contributed by atoms with van der Waals surface area (Å²) in [5, 5.41) is 30.7. The number of rotatable bonds is 15. The summed E-state index contributed by atoms with van der Waals surface area (Å²) in [5.41, 5.74) is 0.0375. The Morgan fingerprint density at radius 2 is 1.51 bits per heavy atom. The Hall–Kier alpha value is -6.10. The summed E-state index contributed by atoms with van der Waals surface area (Å²) < 4.78 is 12.6. The molecule has 7 rings (SSSR count). The molecule has 6 heterocycles. The van der Waals surface area contributed by atoms with Gasteiger partial charge < -0.3 is 44.1 Å². The van der Waals surface area contributed by atoms with Crippen LogP contribution in [0.2, 0.25) is 0 Å². The lowest BCUT2D eigenvalue weighted by Gasteiger charge is -2.35. The normalized spacial score (nSPS) is 19.1. The van der Waals surface area contributed by atoms with Crippen molar-refractivity contribution in [2.75, 3.05) is 39.3 Å². The predicted octanol–water partition coefficient (Wildman–Crippen LogP) is 4.74. The topological polar surface area (TPSA) is 226 Å². The molecule has 17 nitrogen and oxygen atoms in total. The second-order valence-electron chi connectivity index (χ2n) is 16.9. The van der Waals surface area contributed by atoms with E-state index in [1.807, 2.05) is 6.92 Å². The van der Waals surface area contributed by atoms with E-state index in [9.17, 15) is 48.9 Å². The molecule has 0 saturated carbocycles. The van der Waals surface area contributed by atoms with Crippen molar-refractivity contribution in [2.24, 2.45) is 5.41 Å². The number of hydrogen-bond donors (Lipinski definition) is 3. The fraction of sp³-hybridized carbons (Fsp3) is 0.522. The van der Waals surface area contributed by atoms with Crippen LogP contribution in [0, 0.1) is 5.41 Å². The summed E-state index contributed by atoms with van der Waals surface area (Å²) in [6.07, 6.45) is 9.98. The van der Waals surface area contributed by atoms with Crippen LogP contribution in [0.5, 0.6) is 5.75 Å². The highest BCUT2D eigenvalue weighted by molar-refractivity contribution is 5.99. The van der Waals surface area contributed by atoms with Gasteiger partial charge in [-0.25, -0.2) is 14.6 Å². The number of cyclic esters (lactones) is 1. The molecule has 2 fully saturated rings. The second kappa shape index (κ2) is 18.7. The number of carbonyl (C=O) groups is 6. The molecule has 0 spiro atoms. The quantitative estimate of drug-likeness (QED) is 0.0636. The van der Waals surface area contributed by atoms with E-state index in [0.29, 0.717) is 61.7 Å². The molecule has 0 aliphatic carbocycles. The number of pyridine rings is 2. The molecule has 1 atom stereocenters. The Bertz CT molecular complexity index is 2390. The van der Waals surface area contributed by atoms with Gasteiger partial charge in [0, 0.05) is 62.2 Å². The van der Waals surface area contributed by atoms with Crippen molar-refractivity contribution in [3.05, 3.63) is 69.0 Å². The lowest BCUT2D eigenvalue weighted by atomic mass is 9.78. The third kappa shape index (κ3) is 8.79. The van der Waals surface area contributed by atoms with E-state index < -0.39 is 35.0 Å². The lowest BCUT2D eigenvalue weighted by molar-refractivity contribution is -0.172. The number of fused-ring (bicyclic) bond motifs is 5. The number of amides is 3. The van der Waals surface area contributed by atoms with Crippen LogP contribution in [0.4, 0.5) is 4.79 Å². The molecule has 3 amide bonds. The zero-order valence-electron chi connectivity index (χ0n) is 35.9. The minimum atomic E-state index is -1.91. The molecule has 0 radical (unpaired) electrons. The number of benzene rings is 1. The maximum atomic E-state index is 13.7. The van der Waals surface area contributed by atoms with Gasteiger partial charge in [0.25, 0.3) is 5.56 Å². The first-order chi connectivity index (χ1) is 30.2. The number of aryl methyl sites for hydroxylation is 1. The average molecular weight is 870 g/mol. The summed E-state index contributed by atoms with van der Waals surface area (Å²) in [4.78, 5) is 97.7. The zero-order chi connectivity index (χ0) is 45.1. The van der Waals surface area contributed by atoms with E-state index >= 15 is 0 Å². The predicted molar refractivity (Wildman–Crippen MR) is 228 cm³/mol. The summed E-state index contributed by atoms with van der Waals surface area (Å²) in [7, 11) is 0. The van der Waals surface area contributed by atoms with Crippen molar-refractivity contribution >= 4 is 46.7 Å². The number of allylic oxidation sites excluding steroid dienone is 1. The number of likely N-dealkylation sites (tertiary alicyclic amines) is 1. The molecule has 0 bridgehead atoms. The van der Waals surface area contributed by atoms with Gasteiger partial charge in [0.1, 0.15) is 12.4 Å². The van der Waals surface area contributed by atoms with Crippen molar-refractivity contribution in [3.63, 3.8) is 0 Å². The number of aliphatic carboxylic acids is 2. The number of piperidine rings is 1. The number of carboxylic acids is 2. The van der Waals surface area contributed by atoms with Gasteiger partial charge in [0.15, 0.2) is 11.0 Å². The highest BCUT2D eigenvalue weighted by Gasteiger charge is 2.49. The van der Waals surface area contributed by atoms with Gasteiger partial charge in [0.2, 0.25) is 11.8 Å². The maximum Gasteiger partial charge on any atom is 0.415 e. The van der Waals surface area contributed by atoms with Crippen molar-refractivity contribution in [3.8, 4) is 17.1 Å². The fourth-order valence-corrected chi connectivity index (χ4v) is 9.23. The summed E-state index contributed by atoms with van der Waals surface area (Å²) >= 11 is 0. The highest BCUT2D eigenvalue weighted by Crippen LogP contribution is 2.41. The number of piperazine rings is 1. The van der Waals surface area contributed by atoms with Crippen LogP contribution in [-0.4, -0.2) is 115 Å². The van der Waals surface area contributed by atoms with Crippen molar-refractivity contribution in [2.45, 2.75) is 110 Å². The third-order valence-electron chi connectivity index (χ3n) is 13.2.